The smallest absolute Gasteiger partial charge is 0.212 e. The van der Waals surface area contributed by atoms with Gasteiger partial charge in [0.05, 0.1) is 16.3 Å². The van der Waals surface area contributed by atoms with Gasteiger partial charge in [0.15, 0.2) is 17.2 Å². The van der Waals surface area contributed by atoms with Crippen LogP contribution >= 0.6 is 0 Å². The summed E-state index contributed by atoms with van der Waals surface area (Å²) in [4.78, 5) is 3.33. The zero-order valence-corrected chi connectivity index (χ0v) is 20.6. The number of hydrogen-bond acceptors (Lipinski definition) is 7. The Morgan fingerprint density at radius 3 is 2.15 bits per heavy atom. The summed E-state index contributed by atoms with van der Waals surface area (Å²) in [6.45, 7) is 13.6. The molecule has 0 amide bonds. The summed E-state index contributed by atoms with van der Waals surface area (Å²) in [5, 5.41) is 24.8. The number of H-pyrrole nitrogens is 2. The number of nitrogens with one attached hydrogen (secondary N) is 2. The van der Waals surface area contributed by atoms with Crippen LogP contribution in [0.1, 0.15) is 58.8 Å². The first-order valence-corrected chi connectivity index (χ1v) is 12.1. The molecule has 0 saturated carbocycles. The molecule has 0 unspecified atom stereocenters. The Labute approximate surface area is 192 Å². The van der Waals surface area contributed by atoms with E-state index in [0.717, 1.165) is 0 Å². The van der Waals surface area contributed by atoms with Crippen LogP contribution in [0.15, 0.2) is 50.4 Å². The minimum Gasteiger partial charge on any atom is -0.324 e. The summed E-state index contributed by atoms with van der Waals surface area (Å²) in [5.74, 6) is 0.748. The van der Waals surface area contributed by atoms with Crippen molar-refractivity contribution < 1.29 is 8.42 Å². The minimum absolute atomic E-state index is 0.0199. The second-order valence-electron chi connectivity index (χ2n) is 10.0. The number of aromatic amines is 2. The molecule has 0 atom stereocenters. The summed E-state index contributed by atoms with van der Waals surface area (Å²) in [6, 6.07) is 8.25. The average Bonchev–Trinajstić information content (AvgIpc) is 3.38. The molecule has 0 aliphatic rings. The number of benzene rings is 1. The Balaban J connectivity index is 1.92. The van der Waals surface area contributed by atoms with Crippen molar-refractivity contribution in [3.63, 3.8) is 0 Å². The lowest BCUT2D eigenvalue weighted by Crippen LogP contribution is -2.16. The van der Waals surface area contributed by atoms with E-state index in [1.165, 1.54) is 4.63 Å². The third kappa shape index (κ3) is 4.08. The van der Waals surface area contributed by atoms with E-state index in [1.54, 1.807) is 30.3 Å². The van der Waals surface area contributed by atoms with Crippen molar-refractivity contribution >= 4 is 27.0 Å². The van der Waals surface area contributed by atoms with Gasteiger partial charge in [-0.05, 0) is 19.1 Å². The molecule has 1 aromatic carbocycles. The molecule has 2 N–H and O–H groups in total. The first-order valence-electron chi connectivity index (χ1n) is 10.6. The Hall–Kier alpha value is -3.34. The fraction of sp³-hybridized carbons (Fsp3) is 0.409. The molecule has 3 aromatic heterocycles. The highest BCUT2D eigenvalue weighted by Crippen LogP contribution is 2.39. The molecule has 0 fully saturated rings. The molecule has 174 valence electrons. The third-order valence-electron chi connectivity index (χ3n) is 5.08. The van der Waals surface area contributed by atoms with Crippen molar-refractivity contribution in [1.82, 2.24) is 30.0 Å². The van der Waals surface area contributed by atoms with E-state index in [9.17, 15) is 8.42 Å². The Kier molecular flexibility index (Phi) is 5.27. The van der Waals surface area contributed by atoms with Gasteiger partial charge in [0, 0.05) is 10.8 Å². The lowest BCUT2D eigenvalue weighted by molar-refractivity contribution is 0.546. The Morgan fingerprint density at radius 1 is 0.909 bits per heavy atom. The first kappa shape index (κ1) is 22.8. The van der Waals surface area contributed by atoms with Crippen LogP contribution in [0.5, 0.6) is 0 Å². The first-order chi connectivity index (χ1) is 15.3. The average molecular weight is 469 g/mol. The number of aromatic nitrogens is 6. The molecule has 3 heterocycles. The van der Waals surface area contributed by atoms with E-state index >= 15 is 0 Å². The van der Waals surface area contributed by atoms with Crippen LogP contribution in [0.3, 0.4) is 0 Å². The zero-order valence-electron chi connectivity index (χ0n) is 19.8. The highest BCUT2D eigenvalue weighted by Gasteiger charge is 2.34. The maximum Gasteiger partial charge on any atom is 0.212 e. The predicted molar refractivity (Wildman–Crippen MR) is 124 cm³/mol. The van der Waals surface area contributed by atoms with Gasteiger partial charge in [-0.1, -0.05) is 59.7 Å². The molecule has 33 heavy (non-hydrogen) atoms. The van der Waals surface area contributed by atoms with Gasteiger partial charge in [0.1, 0.15) is 10.7 Å². The van der Waals surface area contributed by atoms with E-state index in [2.05, 4.69) is 35.6 Å². The van der Waals surface area contributed by atoms with Crippen molar-refractivity contribution in [3.8, 4) is 0 Å². The van der Waals surface area contributed by atoms with Crippen LogP contribution in [0.2, 0.25) is 0 Å². The molecule has 0 aliphatic carbocycles. The van der Waals surface area contributed by atoms with Gasteiger partial charge >= 0.3 is 0 Å². The van der Waals surface area contributed by atoms with Crippen LogP contribution in [0.25, 0.3) is 5.65 Å². The van der Waals surface area contributed by atoms with E-state index in [-0.39, 0.29) is 21.0 Å². The molecular weight excluding hydrogens is 440 g/mol. The fourth-order valence-electron chi connectivity index (χ4n) is 3.49. The molecule has 0 spiro atoms. The van der Waals surface area contributed by atoms with Crippen molar-refractivity contribution in [2.75, 3.05) is 0 Å². The molecule has 0 radical (unpaired) electrons. The summed E-state index contributed by atoms with van der Waals surface area (Å²) < 4.78 is 28.7. The largest absolute Gasteiger partial charge is 0.324 e. The topological polar surface area (TPSA) is 134 Å². The number of fused-ring (bicyclic) bond motifs is 1. The molecule has 11 heteroatoms. The molecular formula is C22H28N8O2S. The number of rotatable bonds is 4. The van der Waals surface area contributed by atoms with Crippen molar-refractivity contribution in [2.45, 2.75) is 69.1 Å². The molecule has 0 aliphatic heterocycles. The van der Waals surface area contributed by atoms with Crippen molar-refractivity contribution in [3.05, 3.63) is 47.5 Å². The summed E-state index contributed by atoms with van der Waals surface area (Å²) in [7, 11) is -3.90. The minimum atomic E-state index is -3.90. The number of sulfone groups is 1. The second-order valence-corrected chi connectivity index (χ2v) is 11.9. The van der Waals surface area contributed by atoms with Crippen LogP contribution in [0.4, 0.5) is 11.5 Å². The van der Waals surface area contributed by atoms with Gasteiger partial charge in [0.25, 0.3) is 0 Å². The van der Waals surface area contributed by atoms with E-state index in [1.807, 2.05) is 48.5 Å². The number of nitrogens with zero attached hydrogens (tertiary/aromatic N) is 6. The monoisotopic (exact) mass is 468 g/mol. The standard InChI is InChI=1S/C22H28N8O2S/c1-13-23-20-15(17(21(2,3)4)29-30(20)28-13)24-26-19-16(18(25-27-19)22(5,6)7)33(31,32)14-11-9-8-10-12-14/h8-12H,1-7H3,(H,23,28)(H,25,27). The number of azo groups is 1. The fourth-order valence-corrected chi connectivity index (χ4v) is 5.19. The van der Waals surface area contributed by atoms with Crippen LogP contribution in [-0.2, 0) is 20.7 Å². The Morgan fingerprint density at radius 2 is 1.55 bits per heavy atom. The van der Waals surface area contributed by atoms with Crippen LogP contribution in [0, 0.1) is 6.92 Å². The number of hydrogen-bond donors (Lipinski definition) is 2. The summed E-state index contributed by atoms with van der Waals surface area (Å²) in [6.07, 6.45) is 0. The van der Waals surface area contributed by atoms with Gasteiger partial charge in [-0.15, -0.1) is 20.0 Å². The summed E-state index contributed by atoms with van der Waals surface area (Å²) >= 11 is 0. The van der Waals surface area contributed by atoms with E-state index in [4.69, 9.17) is 0 Å². The van der Waals surface area contributed by atoms with Gasteiger partial charge in [0.2, 0.25) is 9.84 Å². The normalized spacial score (nSPS) is 13.4. The molecule has 0 bridgehead atoms. The molecule has 4 aromatic rings. The number of aryl methyl sites for hydroxylation is 1. The molecule has 10 nitrogen and oxygen atoms in total. The molecule has 4 rings (SSSR count). The van der Waals surface area contributed by atoms with Crippen molar-refractivity contribution in [2.24, 2.45) is 10.2 Å². The third-order valence-corrected chi connectivity index (χ3v) is 6.90. The summed E-state index contributed by atoms with van der Waals surface area (Å²) in [5.41, 5.74) is 1.30. The quantitative estimate of drug-likeness (QED) is 0.410. The Bertz CT molecular complexity index is 1450. The predicted octanol–water partition coefficient (Wildman–Crippen LogP) is 4.93. The van der Waals surface area contributed by atoms with Crippen LogP contribution in [-0.4, -0.2) is 38.4 Å². The lowest BCUT2D eigenvalue weighted by atomic mass is 9.91. The van der Waals surface area contributed by atoms with Crippen molar-refractivity contribution in [1.29, 1.82) is 0 Å². The van der Waals surface area contributed by atoms with Gasteiger partial charge in [-0.3, -0.25) is 5.10 Å². The highest BCUT2D eigenvalue weighted by molar-refractivity contribution is 7.91. The SMILES string of the molecule is Cc1nn2nc(C(C)(C)C)c(N=Nc3[nH]nc(C(C)(C)C)c3S(=O)(=O)c3ccccc3)c2[nH]1. The maximum absolute atomic E-state index is 13.6. The van der Waals surface area contributed by atoms with E-state index < -0.39 is 15.3 Å². The van der Waals surface area contributed by atoms with Crippen LogP contribution < -0.4 is 0 Å². The van der Waals surface area contributed by atoms with Gasteiger partial charge in [-0.25, -0.2) is 8.42 Å². The van der Waals surface area contributed by atoms with Gasteiger partial charge < -0.3 is 4.98 Å². The van der Waals surface area contributed by atoms with Gasteiger partial charge in [-0.2, -0.15) is 10.2 Å². The van der Waals surface area contributed by atoms with E-state index in [0.29, 0.717) is 28.5 Å². The maximum atomic E-state index is 13.6. The second kappa shape index (κ2) is 7.62. The lowest BCUT2D eigenvalue weighted by Gasteiger charge is -2.17. The highest BCUT2D eigenvalue weighted by atomic mass is 32.2. The zero-order chi connectivity index (χ0) is 24.2. The molecule has 0 saturated heterocycles.